The van der Waals surface area contributed by atoms with Gasteiger partial charge in [-0.15, -0.1) is 5.10 Å². The highest BCUT2D eigenvalue weighted by molar-refractivity contribution is 6.04. The summed E-state index contributed by atoms with van der Waals surface area (Å²) in [5.41, 5.74) is 3.84. The van der Waals surface area contributed by atoms with E-state index in [0.29, 0.717) is 41.7 Å². The van der Waals surface area contributed by atoms with Crippen LogP contribution in [-0.2, 0) is 4.74 Å². The first-order chi connectivity index (χ1) is 16.6. The van der Waals surface area contributed by atoms with E-state index in [4.69, 9.17) is 14.2 Å². The van der Waals surface area contributed by atoms with Crippen LogP contribution in [0.25, 0.3) is 17.1 Å². The van der Waals surface area contributed by atoms with Crippen LogP contribution < -0.4 is 14.8 Å². The number of aryl methyl sites for hydroxylation is 1. The van der Waals surface area contributed by atoms with Crippen molar-refractivity contribution in [3.63, 3.8) is 0 Å². The number of benzene rings is 3. The Morgan fingerprint density at radius 2 is 1.76 bits per heavy atom. The molecule has 3 aromatic carbocycles. The van der Waals surface area contributed by atoms with Crippen LogP contribution in [0, 0.1) is 6.92 Å². The van der Waals surface area contributed by atoms with E-state index in [9.17, 15) is 4.79 Å². The summed E-state index contributed by atoms with van der Waals surface area (Å²) in [6, 6.07) is 22.6. The maximum absolute atomic E-state index is 12.7. The van der Waals surface area contributed by atoms with Gasteiger partial charge < -0.3 is 19.5 Å². The number of aromatic nitrogens is 3. The van der Waals surface area contributed by atoms with E-state index in [0.717, 1.165) is 11.1 Å². The van der Waals surface area contributed by atoms with Crippen molar-refractivity contribution in [2.75, 3.05) is 32.8 Å². The number of anilines is 1. The van der Waals surface area contributed by atoms with Gasteiger partial charge in [0.05, 0.1) is 19.4 Å². The Morgan fingerprint density at radius 3 is 2.53 bits per heavy atom. The molecule has 0 spiro atoms. The number of hydrogen-bond acceptors (Lipinski definition) is 6. The molecule has 0 aliphatic carbocycles. The maximum Gasteiger partial charge on any atom is 0.336 e. The Morgan fingerprint density at radius 1 is 0.971 bits per heavy atom. The first-order valence-electron chi connectivity index (χ1n) is 10.8. The Bertz CT molecular complexity index is 1270. The van der Waals surface area contributed by atoms with Crippen molar-refractivity contribution in [3.05, 3.63) is 83.9 Å². The molecular weight excluding hydrogens is 432 g/mol. The van der Waals surface area contributed by atoms with Gasteiger partial charge in [0.2, 0.25) is 0 Å². The van der Waals surface area contributed by atoms with E-state index in [2.05, 4.69) is 15.4 Å². The highest BCUT2D eigenvalue weighted by atomic mass is 16.5. The van der Waals surface area contributed by atoms with E-state index < -0.39 is 0 Å². The third-order valence-electron chi connectivity index (χ3n) is 5.10. The summed E-state index contributed by atoms with van der Waals surface area (Å²) in [6.45, 7) is 2.73. The van der Waals surface area contributed by atoms with E-state index in [1.807, 2.05) is 67.6 Å². The van der Waals surface area contributed by atoms with Gasteiger partial charge in [-0.05, 0) is 49.4 Å². The highest BCUT2D eigenvalue weighted by Crippen LogP contribution is 2.27. The van der Waals surface area contributed by atoms with Crippen molar-refractivity contribution in [1.82, 2.24) is 14.8 Å². The van der Waals surface area contributed by atoms with Gasteiger partial charge in [0.1, 0.15) is 12.4 Å². The molecule has 0 radical (unpaired) electrons. The topological polar surface area (TPSA) is 87.5 Å². The lowest BCUT2D eigenvalue weighted by molar-refractivity contribution is 0.102. The SMILES string of the molecule is COCCOc1nc(-c2cccc(OC)c2)n(-c2cccc(NC(=O)c3ccc(C)cc3)c2)n1. The zero-order valence-electron chi connectivity index (χ0n) is 19.3. The average Bonchev–Trinajstić information content (AvgIpc) is 3.29. The van der Waals surface area contributed by atoms with Crippen LogP contribution in [0.1, 0.15) is 15.9 Å². The first kappa shape index (κ1) is 23.0. The quantitative estimate of drug-likeness (QED) is 0.371. The van der Waals surface area contributed by atoms with E-state index in [1.165, 1.54) is 0 Å². The fraction of sp³-hybridized carbons (Fsp3) is 0.192. The van der Waals surface area contributed by atoms with Gasteiger partial charge >= 0.3 is 6.01 Å². The maximum atomic E-state index is 12.7. The Kier molecular flexibility index (Phi) is 7.19. The molecule has 0 aliphatic rings. The number of hydrogen-bond donors (Lipinski definition) is 1. The minimum Gasteiger partial charge on any atom is -0.497 e. The lowest BCUT2D eigenvalue weighted by Crippen LogP contribution is -2.12. The lowest BCUT2D eigenvalue weighted by atomic mass is 10.1. The Hall–Kier alpha value is -4.17. The van der Waals surface area contributed by atoms with Crippen LogP contribution in [-0.4, -0.2) is 48.1 Å². The van der Waals surface area contributed by atoms with Gasteiger partial charge in [-0.1, -0.05) is 35.9 Å². The minimum atomic E-state index is -0.188. The average molecular weight is 459 g/mol. The van der Waals surface area contributed by atoms with E-state index in [-0.39, 0.29) is 11.9 Å². The Labute approximate surface area is 198 Å². The van der Waals surface area contributed by atoms with Crippen molar-refractivity contribution in [2.24, 2.45) is 0 Å². The normalized spacial score (nSPS) is 10.7. The van der Waals surface area contributed by atoms with Crippen LogP contribution >= 0.6 is 0 Å². The third-order valence-corrected chi connectivity index (χ3v) is 5.10. The molecule has 1 aromatic heterocycles. The number of carbonyl (C=O) groups is 1. The largest absolute Gasteiger partial charge is 0.497 e. The van der Waals surface area contributed by atoms with Gasteiger partial charge in [0.25, 0.3) is 5.91 Å². The molecule has 1 N–H and O–H groups in total. The van der Waals surface area contributed by atoms with Gasteiger partial charge in [-0.25, -0.2) is 4.68 Å². The summed E-state index contributed by atoms with van der Waals surface area (Å²) in [7, 11) is 3.22. The molecule has 0 atom stereocenters. The fourth-order valence-electron chi connectivity index (χ4n) is 3.32. The molecule has 4 rings (SSSR count). The minimum absolute atomic E-state index is 0.188. The van der Waals surface area contributed by atoms with E-state index in [1.54, 1.807) is 31.0 Å². The molecule has 34 heavy (non-hydrogen) atoms. The second kappa shape index (κ2) is 10.6. The number of amides is 1. The molecule has 0 saturated carbocycles. The second-order valence-electron chi connectivity index (χ2n) is 7.57. The molecule has 0 aliphatic heterocycles. The van der Waals surface area contributed by atoms with Crippen molar-refractivity contribution in [3.8, 4) is 28.8 Å². The molecule has 0 unspecified atom stereocenters. The van der Waals surface area contributed by atoms with Crippen molar-refractivity contribution in [2.45, 2.75) is 6.92 Å². The number of nitrogens with zero attached hydrogens (tertiary/aromatic N) is 3. The predicted octanol–water partition coefficient (Wildman–Crippen LogP) is 4.53. The summed E-state index contributed by atoms with van der Waals surface area (Å²) in [5, 5.41) is 7.49. The summed E-state index contributed by atoms with van der Waals surface area (Å²) in [6.07, 6.45) is 0. The number of nitrogens with one attached hydrogen (secondary N) is 1. The molecule has 1 amide bonds. The standard InChI is InChI=1S/C26H26N4O4/c1-18-10-12-19(13-11-18)25(31)27-21-7-5-8-22(17-21)30-24(20-6-4-9-23(16-20)33-3)28-26(29-30)34-15-14-32-2/h4-13,16-17H,14-15H2,1-3H3,(H,27,31). The molecule has 1 heterocycles. The van der Waals surface area contributed by atoms with Crippen LogP contribution in [0.4, 0.5) is 5.69 Å². The molecular formula is C26H26N4O4. The summed E-state index contributed by atoms with van der Waals surface area (Å²) in [4.78, 5) is 17.3. The predicted molar refractivity (Wildman–Crippen MR) is 130 cm³/mol. The molecule has 174 valence electrons. The number of ether oxygens (including phenoxy) is 3. The molecule has 0 saturated heterocycles. The van der Waals surface area contributed by atoms with Gasteiger partial charge in [0, 0.05) is 23.9 Å². The fourth-order valence-corrected chi connectivity index (χ4v) is 3.32. The third kappa shape index (κ3) is 5.41. The summed E-state index contributed by atoms with van der Waals surface area (Å²) < 4.78 is 17.8. The van der Waals surface area contributed by atoms with Crippen LogP contribution in [0.15, 0.2) is 72.8 Å². The molecule has 0 fully saturated rings. The number of methoxy groups -OCH3 is 2. The Balaban J connectivity index is 1.67. The van der Waals surface area contributed by atoms with Crippen molar-refractivity contribution >= 4 is 11.6 Å². The number of carbonyl (C=O) groups excluding carboxylic acids is 1. The lowest BCUT2D eigenvalue weighted by Gasteiger charge is -2.10. The molecule has 4 aromatic rings. The first-order valence-corrected chi connectivity index (χ1v) is 10.8. The van der Waals surface area contributed by atoms with Crippen LogP contribution in [0.5, 0.6) is 11.8 Å². The van der Waals surface area contributed by atoms with Gasteiger partial charge in [-0.2, -0.15) is 4.98 Å². The van der Waals surface area contributed by atoms with Gasteiger partial charge in [0.15, 0.2) is 5.82 Å². The van der Waals surface area contributed by atoms with Gasteiger partial charge in [-0.3, -0.25) is 4.79 Å². The second-order valence-corrected chi connectivity index (χ2v) is 7.57. The monoisotopic (exact) mass is 458 g/mol. The van der Waals surface area contributed by atoms with E-state index >= 15 is 0 Å². The highest BCUT2D eigenvalue weighted by Gasteiger charge is 2.16. The summed E-state index contributed by atoms with van der Waals surface area (Å²) >= 11 is 0. The van der Waals surface area contributed by atoms with Crippen molar-refractivity contribution < 1.29 is 19.0 Å². The zero-order valence-corrected chi connectivity index (χ0v) is 19.3. The molecule has 8 nitrogen and oxygen atoms in total. The number of rotatable bonds is 9. The molecule has 8 heteroatoms. The van der Waals surface area contributed by atoms with Crippen molar-refractivity contribution in [1.29, 1.82) is 0 Å². The summed E-state index contributed by atoms with van der Waals surface area (Å²) in [5.74, 6) is 1.09. The smallest absolute Gasteiger partial charge is 0.336 e. The zero-order chi connectivity index (χ0) is 23.9. The molecule has 0 bridgehead atoms. The van der Waals surface area contributed by atoms with Crippen LogP contribution in [0.2, 0.25) is 0 Å². The van der Waals surface area contributed by atoms with Crippen LogP contribution in [0.3, 0.4) is 0 Å².